The van der Waals surface area contributed by atoms with Crippen molar-refractivity contribution in [3.8, 4) is 16.9 Å². The van der Waals surface area contributed by atoms with Crippen molar-refractivity contribution in [1.29, 1.82) is 0 Å². The number of sulfonamides is 1. The van der Waals surface area contributed by atoms with Crippen LogP contribution in [0.2, 0.25) is 10.0 Å². The van der Waals surface area contributed by atoms with E-state index < -0.39 is 37.9 Å². The first kappa shape index (κ1) is 18.6. The normalized spacial score (nSPS) is 11.7. The Morgan fingerprint density at radius 3 is 2.35 bits per heavy atom. The Morgan fingerprint density at radius 2 is 1.73 bits per heavy atom. The van der Waals surface area contributed by atoms with Crippen molar-refractivity contribution in [3.05, 3.63) is 68.8 Å². The summed E-state index contributed by atoms with van der Waals surface area (Å²) in [7, 11) is -4.46. The van der Waals surface area contributed by atoms with Gasteiger partial charge in [0.1, 0.15) is 11.2 Å². The van der Waals surface area contributed by atoms with Crippen molar-refractivity contribution >= 4 is 33.2 Å². The van der Waals surface area contributed by atoms with E-state index in [4.69, 9.17) is 32.8 Å². The Labute approximate surface area is 155 Å². The molecule has 11 heteroatoms. The molecule has 136 valence electrons. The lowest BCUT2D eigenvalue weighted by molar-refractivity contribution is 0.487. The zero-order valence-corrected chi connectivity index (χ0v) is 14.9. The lowest BCUT2D eigenvalue weighted by Gasteiger charge is -2.10. The van der Waals surface area contributed by atoms with Gasteiger partial charge in [-0.15, -0.1) is 0 Å². The second-order valence-electron chi connectivity index (χ2n) is 5.10. The molecule has 3 aromatic rings. The standard InChI is InChI=1S/C15H8Cl2F2N2O4S/c16-9-3-1-7(5-10(9)17)21-11(6-25-15(21)22)8-2-4-12(26(20,23)24)14(19)13(8)18/h1-6H,(H2,20,23,24). The molecule has 0 aliphatic rings. The highest BCUT2D eigenvalue weighted by Gasteiger charge is 2.24. The molecule has 0 bridgehead atoms. The van der Waals surface area contributed by atoms with Crippen LogP contribution >= 0.6 is 23.2 Å². The Bertz CT molecular complexity index is 1190. The van der Waals surface area contributed by atoms with Gasteiger partial charge in [-0.1, -0.05) is 23.2 Å². The number of benzene rings is 2. The number of rotatable bonds is 3. The number of primary sulfonamides is 1. The van der Waals surface area contributed by atoms with Crippen molar-refractivity contribution in [2.24, 2.45) is 5.14 Å². The highest BCUT2D eigenvalue weighted by Crippen LogP contribution is 2.30. The predicted molar refractivity (Wildman–Crippen MR) is 91.1 cm³/mol. The molecule has 0 saturated carbocycles. The monoisotopic (exact) mass is 420 g/mol. The minimum atomic E-state index is -4.46. The third-order valence-corrected chi connectivity index (χ3v) is 5.15. The number of halogens is 4. The smallest absolute Gasteiger partial charge is 0.415 e. The van der Waals surface area contributed by atoms with Crippen molar-refractivity contribution in [3.63, 3.8) is 0 Å². The van der Waals surface area contributed by atoms with Crippen molar-refractivity contribution in [1.82, 2.24) is 4.57 Å². The Kier molecular flexibility index (Phi) is 4.65. The first-order valence-electron chi connectivity index (χ1n) is 6.78. The number of hydrogen-bond donors (Lipinski definition) is 1. The van der Waals surface area contributed by atoms with Crippen LogP contribution in [0.5, 0.6) is 0 Å². The Morgan fingerprint density at radius 1 is 1.04 bits per heavy atom. The van der Waals surface area contributed by atoms with Crippen LogP contribution in [0.25, 0.3) is 16.9 Å². The molecular weight excluding hydrogens is 413 g/mol. The average Bonchev–Trinajstić information content (AvgIpc) is 2.93. The summed E-state index contributed by atoms with van der Waals surface area (Å²) < 4.78 is 56.8. The van der Waals surface area contributed by atoms with Crippen LogP contribution in [0.3, 0.4) is 0 Å². The maximum Gasteiger partial charge on any atom is 0.424 e. The molecule has 0 spiro atoms. The van der Waals surface area contributed by atoms with E-state index in [-0.39, 0.29) is 21.4 Å². The van der Waals surface area contributed by atoms with Gasteiger partial charge in [-0.05, 0) is 30.3 Å². The molecule has 0 radical (unpaired) electrons. The number of aromatic nitrogens is 1. The fraction of sp³-hybridized carbons (Fsp3) is 0. The summed E-state index contributed by atoms with van der Waals surface area (Å²) >= 11 is 11.7. The number of nitrogens with zero attached hydrogens (tertiary/aromatic N) is 1. The molecule has 0 saturated heterocycles. The van der Waals surface area contributed by atoms with Crippen LogP contribution in [0, 0.1) is 11.6 Å². The maximum absolute atomic E-state index is 14.4. The minimum absolute atomic E-state index is 0.124. The lowest BCUT2D eigenvalue weighted by atomic mass is 10.1. The molecule has 1 heterocycles. The SMILES string of the molecule is NS(=O)(=O)c1ccc(-c2coc(=O)n2-c2ccc(Cl)c(Cl)c2)c(F)c1F. The third kappa shape index (κ3) is 3.14. The largest absolute Gasteiger partial charge is 0.424 e. The quantitative estimate of drug-likeness (QED) is 0.702. The van der Waals surface area contributed by atoms with E-state index in [1.54, 1.807) is 0 Å². The molecule has 3 rings (SSSR count). The molecule has 0 aliphatic heterocycles. The van der Waals surface area contributed by atoms with Gasteiger partial charge < -0.3 is 4.42 Å². The molecule has 6 nitrogen and oxygen atoms in total. The predicted octanol–water partition coefficient (Wildman–Crippen LogP) is 3.33. The maximum atomic E-state index is 14.4. The molecular formula is C15H8Cl2F2N2O4S. The van der Waals surface area contributed by atoms with E-state index in [2.05, 4.69) is 0 Å². The van der Waals surface area contributed by atoms with Crippen LogP contribution in [-0.2, 0) is 10.0 Å². The van der Waals surface area contributed by atoms with Crippen LogP contribution < -0.4 is 10.9 Å². The summed E-state index contributed by atoms with van der Waals surface area (Å²) in [4.78, 5) is 11.0. The first-order valence-corrected chi connectivity index (χ1v) is 9.08. The van der Waals surface area contributed by atoms with Gasteiger partial charge in [0, 0.05) is 5.56 Å². The fourth-order valence-electron chi connectivity index (χ4n) is 2.31. The van der Waals surface area contributed by atoms with Gasteiger partial charge in [-0.2, -0.15) is 0 Å². The van der Waals surface area contributed by atoms with Gasteiger partial charge in [-0.25, -0.2) is 31.7 Å². The zero-order valence-electron chi connectivity index (χ0n) is 12.5. The second kappa shape index (κ2) is 6.51. The van der Waals surface area contributed by atoms with Crippen LogP contribution in [0.1, 0.15) is 0 Å². The lowest BCUT2D eigenvalue weighted by Crippen LogP contribution is -2.16. The van der Waals surface area contributed by atoms with E-state index in [9.17, 15) is 22.0 Å². The Hall–Kier alpha value is -2.20. The summed E-state index contributed by atoms with van der Waals surface area (Å²) in [5.74, 6) is -4.07. The minimum Gasteiger partial charge on any atom is -0.415 e. The van der Waals surface area contributed by atoms with Gasteiger partial charge in [0.05, 0.1) is 21.4 Å². The van der Waals surface area contributed by atoms with Gasteiger partial charge in [0.15, 0.2) is 11.6 Å². The van der Waals surface area contributed by atoms with Crippen LogP contribution in [0.15, 0.2) is 50.7 Å². The van der Waals surface area contributed by atoms with Gasteiger partial charge in [0.2, 0.25) is 10.0 Å². The molecule has 0 unspecified atom stereocenters. The van der Waals surface area contributed by atoms with Crippen LogP contribution in [-0.4, -0.2) is 13.0 Å². The van der Waals surface area contributed by atoms with E-state index in [0.717, 1.165) is 23.0 Å². The molecule has 0 amide bonds. The third-order valence-electron chi connectivity index (χ3n) is 3.49. The fourth-order valence-corrected chi connectivity index (χ4v) is 3.20. The Balaban J connectivity index is 2.26. The van der Waals surface area contributed by atoms with E-state index in [1.807, 2.05) is 0 Å². The highest BCUT2D eigenvalue weighted by atomic mass is 35.5. The first-order chi connectivity index (χ1) is 12.1. The summed E-state index contributed by atoms with van der Waals surface area (Å²) in [6.07, 6.45) is 0.902. The topological polar surface area (TPSA) is 95.3 Å². The summed E-state index contributed by atoms with van der Waals surface area (Å²) in [5.41, 5.74) is -0.388. The number of nitrogens with two attached hydrogens (primary N) is 1. The molecule has 1 aromatic heterocycles. The molecule has 0 aliphatic carbocycles. The van der Waals surface area contributed by atoms with E-state index in [0.29, 0.717) is 0 Å². The molecule has 0 atom stereocenters. The molecule has 2 aromatic carbocycles. The van der Waals surface area contributed by atoms with Crippen molar-refractivity contribution in [2.45, 2.75) is 4.90 Å². The van der Waals surface area contributed by atoms with Gasteiger partial charge >= 0.3 is 5.76 Å². The highest BCUT2D eigenvalue weighted by molar-refractivity contribution is 7.89. The van der Waals surface area contributed by atoms with Crippen LogP contribution in [0.4, 0.5) is 8.78 Å². The summed E-state index contributed by atoms with van der Waals surface area (Å²) in [6, 6.07) is 5.92. The molecule has 26 heavy (non-hydrogen) atoms. The molecule has 2 N–H and O–H groups in total. The van der Waals surface area contributed by atoms with Gasteiger partial charge in [0.25, 0.3) is 0 Å². The van der Waals surface area contributed by atoms with Crippen molar-refractivity contribution < 1.29 is 21.6 Å². The van der Waals surface area contributed by atoms with Gasteiger partial charge in [-0.3, -0.25) is 0 Å². The van der Waals surface area contributed by atoms with E-state index >= 15 is 0 Å². The number of oxazole rings is 1. The molecule has 0 fully saturated rings. The summed E-state index contributed by atoms with van der Waals surface area (Å²) in [6.45, 7) is 0. The summed E-state index contributed by atoms with van der Waals surface area (Å²) in [5, 5.41) is 5.19. The second-order valence-corrected chi connectivity index (χ2v) is 7.45. The zero-order chi connectivity index (χ0) is 19.2. The van der Waals surface area contributed by atoms with Crippen molar-refractivity contribution in [2.75, 3.05) is 0 Å². The van der Waals surface area contributed by atoms with E-state index in [1.165, 1.54) is 18.2 Å². The average molecular weight is 421 g/mol. The number of hydrogen-bond acceptors (Lipinski definition) is 4.